The summed E-state index contributed by atoms with van der Waals surface area (Å²) in [6, 6.07) is 1.36. The van der Waals surface area contributed by atoms with E-state index >= 15 is 0 Å². The summed E-state index contributed by atoms with van der Waals surface area (Å²) in [5, 5.41) is 4.99. The third-order valence-corrected chi connectivity index (χ3v) is 5.48. The molecule has 3 amide bonds. The first-order valence-electron chi connectivity index (χ1n) is 8.32. The fourth-order valence-corrected chi connectivity index (χ4v) is 3.75. The monoisotopic (exact) mass is 352 g/mol. The smallest absolute Gasteiger partial charge is 0.349 e. The number of carbonyl (C=O) groups excluding carboxylic acids is 3. The van der Waals surface area contributed by atoms with Gasteiger partial charge in [0.25, 0.3) is 5.91 Å². The van der Waals surface area contributed by atoms with E-state index in [2.05, 4.69) is 10.6 Å². The average molecular weight is 352 g/mol. The van der Waals surface area contributed by atoms with Crippen molar-refractivity contribution in [1.29, 1.82) is 0 Å². The number of carbonyl (C=O) groups is 3. The Morgan fingerprint density at radius 3 is 2.58 bits per heavy atom. The van der Waals surface area contributed by atoms with E-state index in [-0.39, 0.29) is 6.04 Å². The molecule has 0 aliphatic heterocycles. The van der Waals surface area contributed by atoms with Crippen LogP contribution in [0.25, 0.3) is 0 Å². The number of rotatable bonds is 5. The molecule has 2 rings (SSSR count). The number of aryl methyl sites for hydroxylation is 2. The van der Waals surface area contributed by atoms with Crippen LogP contribution in [0.2, 0.25) is 0 Å². The molecule has 0 bridgehead atoms. The second kappa shape index (κ2) is 8.28. The Bertz CT molecular complexity index is 620. The van der Waals surface area contributed by atoms with Crippen LogP contribution in [0.1, 0.15) is 59.6 Å². The van der Waals surface area contributed by atoms with Crippen LogP contribution in [0.5, 0.6) is 0 Å². The molecule has 1 saturated carbocycles. The van der Waals surface area contributed by atoms with Crippen molar-refractivity contribution in [2.45, 2.75) is 65.0 Å². The first-order chi connectivity index (χ1) is 11.4. The Hall–Kier alpha value is -1.89. The zero-order chi connectivity index (χ0) is 17.7. The van der Waals surface area contributed by atoms with E-state index in [9.17, 15) is 14.4 Å². The number of hydrogen-bond acceptors (Lipinski definition) is 5. The van der Waals surface area contributed by atoms with Gasteiger partial charge in [0.2, 0.25) is 0 Å². The van der Waals surface area contributed by atoms with E-state index in [4.69, 9.17) is 4.74 Å². The molecule has 0 unspecified atom stereocenters. The summed E-state index contributed by atoms with van der Waals surface area (Å²) in [6.45, 7) is 5.42. The Morgan fingerprint density at radius 1 is 1.33 bits per heavy atom. The highest BCUT2D eigenvalue weighted by atomic mass is 32.1. The molecule has 0 aromatic carbocycles. The van der Waals surface area contributed by atoms with Crippen molar-refractivity contribution in [2.24, 2.45) is 0 Å². The van der Waals surface area contributed by atoms with Crippen molar-refractivity contribution >= 4 is 29.2 Å². The highest BCUT2D eigenvalue weighted by Gasteiger charge is 2.24. The summed E-state index contributed by atoms with van der Waals surface area (Å²) >= 11 is 1.37. The van der Waals surface area contributed by atoms with E-state index in [1.165, 1.54) is 18.3 Å². The maximum absolute atomic E-state index is 12.1. The molecule has 7 heteroatoms. The number of urea groups is 1. The van der Waals surface area contributed by atoms with Gasteiger partial charge < -0.3 is 10.1 Å². The Labute approximate surface area is 146 Å². The lowest BCUT2D eigenvalue weighted by Gasteiger charge is -2.15. The van der Waals surface area contributed by atoms with Crippen molar-refractivity contribution in [3.8, 4) is 0 Å². The van der Waals surface area contributed by atoms with E-state index < -0.39 is 24.0 Å². The molecule has 132 valence electrons. The lowest BCUT2D eigenvalue weighted by Crippen LogP contribution is -2.47. The summed E-state index contributed by atoms with van der Waals surface area (Å²) in [6.07, 6.45) is 3.87. The maximum atomic E-state index is 12.1. The summed E-state index contributed by atoms with van der Waals surface area (Å²) in [5.74, 6) is -1.16. The molecule has 0 spiro atoms. The van der Waals surface area contributed by atoms with Gasteiger partial charge in [0, 0.05) is 10.9 Å². The lowest BCUT2D eigenvalue weighted by molar-refractivity contribution is -0.127. The van der Waals surface area contributed by atoms with Gasteiger partial charge in [-0.3, -0.25) is 10.1 Å². The lowest BCUT2D eigenvalue weighted by atomic mass is 10.2. The van der Waals surface area contributed by atoms with Gasteiger partial charge in [0.1, 0.15) is 4.88 Å². The van der Waals surface area contributed by atoms with E-state index in [1.54, 1.807) is 6.07 Å². The quantitative estimate of drug-likeness (QED) is 0.798. The maximum Gasteiger partial charge on any atom is 0.349 e. The first-order valence-corrected chi connectivity index (χ1v) is 9.14. The van der Waals surface area contributed by atoms with Gasteiger partial charge in [-0.2, -0.15) is 0 Å². The number of imide groups is 1. The normalized spacial score (nSPS) is 15.8. The summed E-state index contributed by atoms with van der Waals surface area (Å²) in [5.41, 5.74) is 1.04. The largest absolute Gasteiger partial charge is 0.448 e. The molecule has 6 nitrogen and oxygen atoms in total. The standard InChI is InChI=1S/C17H24N2O4S/c1-4-13-10(2)9-14(24-13)16(21)23-11(3)15(20)19-17(22)18-12-7-5-6-8-12/h9,11-12H,4-8H2,1-3H3,(H2,18,19,20,22)/t11-/m1/s1. The third-order valence-electron chi connectivity index (χ3n) is 4.12. The molecular formula is C17H24N2O4S. The first kappa shape index (κ1) is 18.4. The Kier molecular flexibility index (Phi) is 6.36. The van der Waals surface area contributed by atoms with Crippen LogP contribution in [0, 0.1) is 6.92 Å². The third kappa shape index (κ3) is 4.80. The molecule has 0 radical (unpaired) electrons. The molecule has 1 aromatic heterocycles. The topological polar surface area (TPSA) is 84.5 Å². The molecular weight excluding hydrogens is 328 g/mol. The van der Waals surface area contributed by atoms with Gasteiger partial charge in [-0.25, -0.2) is 9.59 Å². The van der Waals surface area contributed by atoms with Crippen LogP contribution < -0.4 is 10.6 Å². The van der Waals surface area contributed by atoms with E-state index in [0.29, 0.717) is 4.88 Å². The van der Waals surface area contributed by atoms with Gasteiger partial charge in [-0.15, -0.1) is 11.3 Å². The second-order valence-corrected chi connectivity index (χ2v) is 7.20. The molecule has 1 aromatic rings. The predicted molar refractivity (Wildman–Crippen MR) is 92.2 cm³/mol. The van der Waals surface area contributed by atoms with Crippen molar-refractivity contribution in [1.82, 2.24) is 10.6 Å². The highest BCUT2D eigenvalue weighted by Crippen LogP contribution is 2.23. The van der Waals surface area contributed by atoms with E-state index in [0.717, 1.165) is 42.5 Å². The van der Waals surface area contributed by atoms with Crippen LogP contribution in [-0.2, 0) is 16.0 Å². The molecule has 1 atom stereocenters. The average Bonchev–Trinajstić information content (AvgIpc) is 3.16. The molecule has 2 N–H and O–H groups in total. The van der Waals surface area contributed by atoms with Crippen molar-refractivity contribution in [2.75, 3.05) is 0 Å². The number of nitrogens with one attached hydrogen (secondary N) is 2. The van der Waals surface area contributed by atoms with Crippen LogP contribution in [0.3, 0.4) is 0 Å². The number of amides is 3. The number of ether oxygens (including phenoxy) is 1. The van der Waals surface area contributed by atoms with Crippen molar-refractivity contribution in [3.05, 3.63) is 21.4 Å². The van der Waals surface area contributed by atoms with Crippen LogP contribution in [0.4, 0.5) is 4.79 Å². The fourth-order valence-electron chi connectivity index (χ4n) is 2.75. The molecule has 24 heavy (non-hydrogen) atoms. The minimum Gasteiger partial charge on any atom is -0.448 e. The van der Waals surface area contributed by atoms with Gasteiger partial charge >= 0.3 is 12.0 Å². The number of esters is 1. The summed E-state index contributed by atoms with van der Waals surface area (Å²) in [7, 11) is 0. The van der Waals surface area contributed by atoms with Crippen molar-refractivity contribution < 1.29 is 19.1 Å². The van der Waals surface area contributed by atoms with E-state index in [1.807, 2.05) is 13.8 Å². The summed E-state index contributed by atoms with van der Waals surface area (Å²) < 4.78 is 5.16. The Balaban J connectivity index is 1.83. The van der Waals surface area contributed by atoms with Gasteiger partial charge in [-0.05, 0) is 44.7 Å². The zero-order valence-electron chi connectivity index (χ0n) is 14.3. The van der Waals surface area contributed by atoms with Gasteiger partial charge in [0.05, 0.1) is 0 Å². The predicted octanol–water partition coefficient (Wildman–Crippen LogP) is 2.93. The second-order valence-electron chi connectivity index (χ2n) is 6.06. The minimum absolute atomic E-state index is 0.122. The zero-order valence-corrected chi connectivity index (χ0v) is 15.1. The van der Waals surface area contributed by atoms with Crippen LogP contribution in [0.15, 0.2) is 6.07 Å². The SMILES string of the molecule is CCc1sc(C(=O)O[C@H](C)C(=O)NC(=O)NC2CCCC2)cc1C. The van der Waals surface area contributed by atoms with Crippen LogP contribution in [-0.4, -0.2) is 30.1 Å². The molecule has 1 aliphatic rings. The molecule has 1 heterocycles. The molecule has 1 fully saturated rings. The Morgan fingerprint density at radius 2 is 2.00 bits per heavy atom. The van der Waals surface area contributed by atoms with Gasteiger partial charge in [-0.1, -0.05) is 19.8 Å². The summed E-state index contributed by atoms with van der Waals surface area (Å²) in [4.78, 5) is 37.5. The number of thiophene rings is 1. The van der Waals surface area contributed by atoms with Gasteiger partial charge in [0.15, 0.2) is 6.10 Å². The minimum atomic E-state index is -1.03. The number of hydrogen-bond donors (Lipinski definition) is 2. The highest BCUT2D eigenvalue weighted by molar-refractivity contribution is 7.14. The molecule has 0 saturated heterocycles. The fraction of sp³-hybridized carbons (Fsp3) is 0.588. The van der Waals surface area contributed by atoms with Crippen LogP contribution >= 0.6 is 11.3 Å². The molecule has 1 aliphatic carbocycles. The van der Waals surface area contributed by atoms with Crippen molar-refractivity contribution in [3.63, 3.8) is 0 Å².